The highest BCUT2D eigenvalue weighted by Crippen LogP contribution is 2.21. The van der Waals surface area contributed by atoms with Crippen LogP contribution in [0.2, 0.25) is 5.28 Å². The van der Waals surface area contributed by atoms with E-state index in [1.54, 1.807) is 4.90 Å². The van der Waals surface area contributed by atoms with Crippen LogP contribution >= 0.6 is 11.6 Å². The third-order valence-corrected chi connectivity index (χ3v) is 2.95. The van der Waals surface area contributed by atoms with Crippen molar-refractivity contribution in [2.24, 2.45) is 0 Å². The summed E-state index contributed by atoms with van der Waals surface area (Å²) in [5, 5.41) is 3.40. The number of benzene rings is 1. The van der Waals surface area contributed by atoms with Gasteiger partial charge in [-0.3, -0.25) is 0 Å². The molecule has 106 valence electrons. The van der Waals surface area contributed by atoms with Crippen LogP contribution in [0.5, 0.6) is 0 Å². The molecule has 2 aromatic rings. The molecule has 0 amide bonds. The molecule has 0 saturated heterocycles. The zero-order valence-corrected chi connectivity index (χ0v) is 12.6. The average molecular weight is 292 g/mol. The quantitative estimate of drug-likeness (QED) is 0.916. The highest BCUT2D eigenvalue weighted by Gasteiger charge is 2.08. The molecule has 0 aliphatic heterocycles. The van der Waals surface area contributed by atoms with Crippen LogP contribution in [-0.4, -0.2) is 29.0 Å². The first-order valence-electron chi connectivity index (χ1n) is 6.54. The molecular formula is C14H18ClN5. The topological polar surface area (TPSA) is 53.9 Å². The fraction of sp³-hybridized carbons (Fsp3) is 0.357. The van der Waals surface area contributed by atoms with Crippen molar-refractivity contribution >= 4 is 29.2 Å². The Labute approximate surface area is 124 Å². The predicted molar refractivity (Wildman–Crippen MR) is 82.9 cm³/mol. The van der Waals surface area contributed by atoms with Gasteiger partial charge in [-0.1, -0.05) is 31.5 Å². The van der Waals surface area contributed by atoms with Gasteiger partial charge in [-0.15, -0.1) is 0 Å². The molecule has 2 rings (SSSR count). The fourth-order valence-corrected chi connectivity index (χ4v) is 2.00. The summed E-state index contributed by atoms with van der Waals surface area (Å²) in [4.78, 5) is 14.3. The van der Waals surface area contributed by atoms with Gasteiger partial charge in [0, 0.05) is 19.8 Å². The van der Waals surface area contributed by atoms with E-state index in [0.717, 1.165) is 18.5 Å². The molecule has 0 atom stereocenters. The van der Waals surface area contributed by atoms with Crippen LogP contribution in [0.25, 0.3) is 0 Å². The van der Waals surface area contributed by atoms with Gasteiger partial charge in [0.05, 0.1) is 0 Å². The zero-order valence-electron chi connectivity index (χ0n) is 11.9. The minimum absolute atomic E-state index is 0.180. The minimum atomic E-state index is 0.180. The minimum Gasteiger partial charge on any atom is -0.347 e. The second-order valence-corrected chi connectivity index (χ2v) is 4.99. The molecule has 0 aliphatic rings. The molecule has 0 fully saturated rings. The Kier molecular flexibility index (Phi) is 4.74. The molecule has 1 aromatic carbocycles. The normalized spacial score (nSPS) is 10.4. The van der Waals surface area contributed by atoms with Crippen LogP contribution in [0.3, 0.4) is 0 Å². The summed E-state index contributed by atoms with van der Waals surface area (Å²) < 4.78 is 0. The summed E-state index contributed by atoms with van der Waals surface area (Å²) >= 11 is 5.93. The molecule has 1 N–H and O–H groups in total. The Hall–Kier alpha value is -1.88. The fourth-order valence-electron chi connectivity index (χ4n) is 1.85. The smallest absolute Gasteiger partial charge is 0.233 e. The van der Waals surface area contributed by atoms with E-state index < -0.39 is 0 Å². The van der Waals surface area contributed by atoms with Gasteiger partial charge in [0.2, 0.25) is 17.2 Å². The van der Waals surface area contributed by atoms with E-state index in [4.69, 9.17) is 11.6 Å². The largest absolute Gasteiger partial charge is 0.347 e. The van der Waals surface area contributed by atoms with E-state index in [9.17, 15) is 0 Å². The number of hydrogen-bond donors (Lipinski definition) is 1. The number of anilines is 3. The lowest BCUT2D eigenvalue weighted by atomic mass is 10.1. The SMILES string of the molecule is CCCc1ccccc1Nc1nc(Cl)nc(N(C)C)n1. The number of nitrogens with one attached hydrogen (secondary N) is 1. The molecule has 20 heavy (non-hydrogen) atoms. The molecule has 1 heterocycles. The van der Waals surface area contributed by atoms with Crippen molar-refractivity contribution < 1.29 is 0 Å². The third kappa shape index (κ3) is 3.57. The molecule has 0 bridgehead atoms. The lowest BCUT2D eigenvalue weighted by Gasteiger charge is -2.13. The number of halogens is 1. The van der Waals surface area contributed by atoms with E-state index in [-0.39, 0.29) is 5.28 Å². The molecule has 0 unspecified atom stereocenters. The van der Waals surface area contributed by atoms with Crippen LogP contribution in [0.15, 0.2) is 24.3 Å². The van der Waals surface area contributed by atoms with Crippen molar-refractivity contribution in [3.05, 3.63) is 35.1 Å². The van der Waals surface area contributed by atoms with Crippen molar-refractivity contribution in [1.82, 2.24) is 15.0 Å². The van der Waals surface area contributed by atoms with Gasteiger partial charge < -0.3 is 10.2 Å². The zero-order chi connectivity index (χ0) is 14.5. The van der Waals surface area contributed by atoms with Crippen LogP contribution in [0, 0.1) is 0 Å². The number of nitrogens with zero attached hydrogens (tertiary/aromatic N) is 4. The Morgan fingerprint density at radius 1 is 1.15 bits per heavy atom. The van der Waals surface area contributed by atoms with E-state index in [0.29, 0.717) is 11.9 Å². The number of hydrogen-bond acceptors (Lipinski definition) is 5. The maximum Gasteiger partial charge on any atom is 0.233 e. The van der Waals surface area contributed by atoms with E-state index in [1.807, 2.05) is 32.3 Å². The number of rotatable bonds is 5. The van der Waals surface area contributed by atoms with Crippen LogP contribution in [-0.2, 0) is 6.42 Å². The van der Waals surface area contributed by atoms with Crippen molar-refractivity contribution in [2.45, 2.75) is 19.8 Å². The summed E-state index contributed by atoms with van der Waals surface area (Å²) in [5.41, 5.74) is 2.24. The lowest BCUT2D eigenvalue weighted by Crippen LogP contribution is -2.14. The highest BCUT2D eigenvalue weighted by molar-refractivity contribution is 6.28. The number of para-hydroxylation sites is 1. The van der Waals surface area contributed by atoms with Crippen LogP contribution < -0.4 is 10.2 Å². The Bertz CT molecular complexity index is 586. The average Bonchev–Trinajstić information content (AvgIpc) is 2.40. The van der Waals surface area contributed by atoms with Gasteiger partial charge in [-0.2, -0.15) is 15.0 Å². The van der Waals surface area contributed by atoms with Gasteiger partial charge in [0.25, 0.3) is 0 Å². The summed E-state index contributed by atoms with van der Waals surface area (Å²) in [7, 11) is 3.72. The molecule has 0 aliphatic carbocycles. The number of aromatic nitrogens is 3. The molecule has 1 aromatic heterocycles. The third-order valence-electron chi connectivity index (χ3n) is 2.78. The Morgan fingerprint density at radius 3 is 2.60 bits per heavy atom. The van der Waals surface area contributed by atoms with Crippen molar-refractivity contribution in [3.63, 3.8) is 0 Å². The maximum atomic E-state index is 5.93. The van der Waals surface area contributed by atoms with Crippen molar-refractivity contribution in [1.29, 1.82) is 0 Å². The van der Waals surface area contributed by atoms with Crippen molar-refractivity contribution in [2.75, 3.05) is 24.3 Å². The predicted octanol–water partition coefficient (Wildman–Crippen LogP) is 3.29. The first-order valence-corrected chi connectivity index (χ1v) is 6.91. The van der Waals surface area contributed by atoms with Gasteiger partial charge in [-0.25, -0.2) is 0 Å². The summed E-state index contributed by atoms with van der Waals surface area (Å²) in [6, 6.07) is 8.12. The van der Waals surface area contributed by atoms with Gasteiger partial charge in [-0.05, 0) is 29.7 Å². The second kappa shape index (κ2) is 6.52. The molecular weight excluding hydrogens is 274 g/mol. The Morgan fingerprint density at radius 2 is 1.90 bits per heavy atom. The van der Waals surface area contributed by atoms with E-state index >= 15 is 0 Å². The molecule has 0 radical (unpaired) electrons. The van der Waals surface area contributed by atoms with Crippen molar-refractivity contribution in [3.8, 4) is 0 Å². The second-order valence-electron chi connectivity index (χ2n) is 4.65. The first kappa shape index (κ1) is 14.5. The van der Waals surface area contributed by atoms with Gasteiger partial charge in [0.1, 0.15) is 0 Å². The van der Waals surface area contributed by atoms with Gasteiger partial charge >= 0.3 is 0 Å². The lowest BCUT2D eigenvalue weighted by molar-refractivity contribution is 0.920. The van der Waals surface area contributed by atoms with E-state index in [2.05, 4.69) is 33.3 Å². The summed E-state index contributed by atoms with van der Waals surface area (Å²) in [6.45, 7) is 2.15. The standard InChI is InChI=1S/C14H18ClN5/c1-4-7-10-8-5-6-9-11(10)16-13-17-12(15)18-14(19-13)20(2)3/h5-6,8-9H,4,7H2,1-3H3,(H,16,17,18,19). The molecule has 0 saturated carbocycles. The monoisotopic (exact) mass is 291 g/mol. The van der Waals surface area contributed by atoms with Crippen LogP contribution in [0.1, 0.15) is 18.9 Å². The van der Waals surface area contributed by atoms with E-state index in [1.165, 1.54) is 5.56 Å². The van der Waals surface area contributed by atoms with Gasteiger partial charge in [0.15, 0.2) is 0 Å². The Balaban J connectivity index is 2.30. The number of aryl methyl sites for hydroxylation is 1. The van der Waals surface area contributed by atoms with Crippen LogP contribution in [0.4, 0.5) is 17.6 Å². The summed E-state index contributed by atoms with van der Waals surface area (Å²) in [6.07, 6.45) is 2.09. The molecule has 6 heteroatoms. The highest BCUT2D eigenvalue weighted by atomic mass is 35.5. The first-order chi connectivity index (χ1) is 9.60. The summed E-state index contributed by atoms with van der Waals surface area (Å²) in [5.74, 6) is 0.984. The molecule has 0 spiro atoms. The maximum absolute atomic E-state index is 5.93. The molecule has 5 nitrogen and oxygen atoms in total.